The van der Waals surface area contributed by atoms with Crippen molar-refractivity contribution in [2.24, 2.45) is 0 Å². The van der Waals surface area contributed by atoms with E-state index in [0.29, 0.717) is 0 Å². The summed E-state index contributed by atoms with van der Waals surface area (Å²) in [5.41, 5.74) is 5.38. The molecule has 0 spiro atoms. The molecule has 1 amide bonds. The number of amides is 1. The van der Waals surface area contributed by atoms with Gasteiger partial charge < -0.3 is 16.2 Å². The number of halogens is 1. The van der Waals surface area contributed by atoms with Crippen LogP contribution in [0.5, 0.6) is 0 Å². The van der Waals surface area contributed by atoms with Crippen LogP contribution in [0.4, 0.5) is 5.69 Å². The van der Waals surface area contributed by atoms with Gasteiger partial charge in [-0.1, -0.05) is 11.6 Å². The maximum atomic E-state index is 11.9. The van der Waals surface area contributed by atoms with Crippen LogP contribution in [-0.2, 0) is 0 Å². The maximum absolute atomic E-state index is 11.9. The van der Waals surface area contributed by atoms with Gasteiger partial charge in [0.15, 0.2) is 0 Å². The van der Waals surface area contributed by atoms with Gasteiger partial charge in [0.25, 0.3) is 5.91 Å². The molecule has 4 N–H and O–H groups in total. The van der Waals surface area contributed by atoms with E-state index in [4.69, 9.17) is 17.3 Å². The van der Waals surface area contributed by atoms with E-state index in [1.807, 2.05) is 0 Å². The normalized spacial score (nSPS) is 13.2. The summed E-state index contributed by atoms with van der Waals surface area (Å²) in [6, 6.07) is 1.39. The lowest BCUT2D eigenvalue weighted by Crippen LogP contribution is -2.51. The van der Waals surface area contributed by atoms with Gasteiger partial charge in [0, 0.05) is 0 Å². The second kappa shape index (κ2) is 4.89. The van der Waals surface area contributed by atoms with E-state index in [1.165, 1.54) is 12.3 Å². The zero-order valence-corrected chi connectivity index (χ0v) is 10.7. The summed E-state index contributed by atoms with van der Waals surface area (Å²) in [6.07, 6.45) is 0.636. The summed E-state index contributed by atoms with van der Waals surface area (Å²) in [6.45, 7) is 5.03. The molecule has 94 valence electrons. The van der Waals surface area contributed by atoms with E-state index in [9.17, 15) is 9.90 Å². The summed E-state index contributed by atoms with van der Waals surface area (Å²) >= 11 is 5.70. The summed E-state index contributed by atoms with van der Waals surface area (Å²) < 4.78 is 0. The quantitative estimate of drug-likeness (QED) is 0.710. The molecule has 1 unspecified atom stereocenters. The molecule has 6 heteroatoms. The first-order chi connectivity index (χ1) is 7.74. The highest BCUT2D eigenvalue weighted by Gasteiger charge is 2.27. The van der Waals surface area contributed by atoms with E-state index in [0.717, 1.165) is 0 Å². The van der Waals surface area contributed by atoms with E-state index in [1.54, 1.807) is 20.8 Å². The predicted octanol–water partition coefficient (Wildman–Crippen LogP) is 1.21. The smallest absolute Gasteiger partial charge is 0.254 e. The first-order valence-electron chi connectivity index (χ1n) is 5.15. The Hall–Kier alpha value is -1.33. The zero-order chi connectivity index (χ0) is 13.2. The highest BCUT2D eigenvalue weighted by Crippen LogP contribution is 2.17. The number of anilines is 1. The first kappa shape index (κ1) is 13.7. The monoisotopic (exact) mass is 257 g/mol. The van der Waals surface area contributed by atoms with Crippen molar-refractivity contribution in [1.82, 2.24) is 10.3 Å². The molecule has 17 heavy (non-hydrogen) atoms. The molecule has 1 aromatic heterocycles. The van der Waals surface area contributed by atoms with Gasteiger partial charge in [-0.2, -0.15) is 0 Å². The van der Waals surface area contributed by atoms with Crippen LogP contribution in [0.1, 0.15) is 31.1 Å². The number of nitrogens with zero attached hydrogens (tertiary/aromatic N) is 1. The van der Waals surface area contributed by atoms with Gasteiger partial charge in [-0.15, -0.1) is 0 Å². The Kier molecular flexibility index (Phi) is 3.95. The number of aliphatic hydroxyl groups is 1. The van der Waals surface area contributed by atoms with Crippen molar-refractivity contribution in [3.8, 4) is 0 Å². The predicted molar refractivity (Wildman–Crippen MR) is 66.9 cm³/mol. The Balaban J connectivity index is 2.94. The molecule has 0 radical (unpaired) electrons. The van der Waals surface area contributed by atoms with Crippen LogP contribution in [0, 0.1) is 0 Å². The summed E-state index contributed by atoms with van der Waals surface area (Å²) in [5.74, 6) is -0.391. The lowest BCUT2D eigenvalue weighted by Gasteiger charge is -2.29. The van der Waals surface area contributed by atoms with E-state index in [-0.39, 0.29) is 16.4 Å². The molecule has 1 heterocycles. The van der Waals surface area contributed by atoms with Gasteiger partial charge in [0.05, 0.1) is 29.1 Å². The van der Waals surface area contributed by atoms with Crippen molar-refractivity contribution in [3.05, 3.63) is 23.0 Å². The third kappa shape index (κ3) is 3.31. The minimum absolute atomic E-state index is 0.194. The van der Waals surface area contributed by atoms with Crippen molar-refractivity contribution < 1.29 is 9.90 Å². The molecule has 1 rings (SSSR count). The molecule has 0 saturated heterocycles. The third-order valence-electron chi connectivity index (χ3n) is 2.63. The van der Waals surface area contributed by atoms with Gasteiger partial charge in [-0.25, -0.2) is 4.98 Å². The number of hydrogen-bond acceptors (Lipinski definition) is 4. The highest BCUT2D eigenvalue weighted by molar-refractivity contribution is 6.29. The summed E-state index contributed by atoms with van der Waals surface area (Å²) in [5, 5.41) is 12.4. The van der Waals surface area contributed by atoms with Crippen molar-refractivity contribution >= 4 is 23.2 Å². The first-order valence-corrected chi connectivity index (χ1v) is 5.53. The van der Waals surface area contributed by atoms with E-state index in [2.05, 4.69) is 10.3 Å². The van der Waals surface area contributed by atoms with Crippen LogP contribution in [0.3, 0.4) is 0 Å². The number of rotatable bonds is 3. The Labute approximate surface area is 105 Å². The SMILES string of the molecule is CC(O)C(C)(C)NC(=O)c1cc(Cl)ncc1N. The zero-order valence-electron chi connectivity index (χ0n) is 9.99. The number of aliphatic hydroxyl groups excluding tert-OH is 1. The number of nitrogens with one attached hydrogen (secondary N) is 1. The second-order valence-corrected chi connectivity index (χ2v) is 4.83. The van der Waals surface area contributed by atoms with Crippen molar-refractivity contribution in [2.75, 3.05) is 5.73 Å². The fraction of sp³-hybridized carbons (Fsp3) is 0.455. The molecule has 0 saturated carbocycles. The summed E-state index contributed by atoms with van der Waals surface area (Å²) in [4.78, 5) is 15.7. The average molecular weight is 258 g/mol. The van der Waals surface area contributed by atoms with E-state index >= 15 is 0 Å². The molecular weight excluding hydrogens is 242 g/mol. The lowest BCUT2D eigenvalue weighted by molar-refractivity contribution is 0.0710. The minimum atomic E-state index is -0.751. The van der Waals surface area contributed by atoms with Crippen LogP contribution in [0.2, 0.25) is 5.15 Å². The van der Waals surface area contributed by atoms with Gasteiger partial charge in [-0.3, -0.25) is 4.79 Å². The summed E-state index contributed by atoms with van der Waals surface area (Å²) in [7, 11) is 0. The van der Waals surface area contributed by atoms with Gasteiger partial charge >= 0.3 is 0 Å². The number of pyridine rings is 1. The number of aromatic nitrogens is 1. The number of hydrogen-bond donors (Lipinski definition) is 3. The molecule has 0 aromatic carbocycles. The van der Waals surface area contributed by atoms with Gasteiger partial charge in [-0.05, 0) is 26.8 Å². The molecular formula is C11H16ClN3O2. The highest BCUT2D eigenvalue weighted by atomic mass is 35.5. The van der Waals surface area contributed by atoms with Crippen LogP contribution in [0.15, 0.2) is 12.3 Å². The van der Waals surface area contributed by atoms with Crippen LogP contribution in [-0.4, -0.2) is 27.6 Å². The number of nitrogens with two attached hydrogens (primary N) is 1. The Morgan fingerprint density at radius 2 is 2.24 bits per heavy atom. The van der Waals surface area contributed by atoms with Crippen LogP contribution < -0.4 is 11.1 Å². The third-order valence-corrected chi connectivity index (χ3v) is 2.83. The largest absolute Gasteiger partial charge is 0.397 e. The van der Waals surface area contributed by atoms with Crippen molar-refractivity contribution in [2.45, 2.75) is 32.4 Å². The molecule has 0 fully saturated rings. The second-order valence-electron chi connectivity index (χ2n) is 4.45. The standard InChI is InChI=1S/C11H16ClN3O2/c1-6(16)11(2,3)15-10(17)7-4-9(12)14-5-8(7)13/h4-6,16H,13H2,1-3H3,(H,15,17). The fourth-order valence-electron chi connectivity index (χ4n) is 1.10. The molecule has 1 atom stereocenters. The minimum Gasteiger partial charge on any atom is -0.397 e. The molecule has 0 aliphatic rings. The Bertz CT molecular complexity index is 433. The van der Waals surface area contributed by atoms with Gasteiger partial charge in [0.1, 0.15) is 5.15 Å². The molecule has 1 aromatic rings. The molecule has 5 nitrogen and oxygen atoms in total. The molecule has 0 aliphatic carbocycles. The lowest BCUT2D eigenvalue weighted by atomic mass is 9.98. The molecule has 0 aliphatic heterocycles. The molecule has 0 bridgehead atoms. The maximum Gasteiger partial charge on any atom is 0.254 e. The van der Waals surface area contributed by atoms with Crippen molar-refractivity contribution in [3.63, 3.8) is 0 Å². The van der Waals surface area contributed by atoms with Crippen LogP contribution in [0.25, 0.3) is 0 Å². The number of nitrogen functional groups attached to an aromatic ring is 1. The number of carbonyl (C=O) groups is 1. The van der Waals surface area contributed by atoms with Crippen LogP contribution >= 0.6 is 11.6 Å². The topological polar surface area (TPSA) is 88.2 Å². The van der Waals surface area contributed by atoms with Gasteiger partial charge in [0.2, 0.25) is 0 Å². The Morgan fingerprint density at radius 3 is 2.76 bits per heavy atom. The van der Waals surface area contributed by atoms with E-state index < -0.39 is 17.6 Å². The fourth-order valence-corrected chi connectivity index (χ4v) is 1.26. The Morgan fingerprint density at radius 1 is 1.65 bits per heavy atom. The number of carbonyl (C=O) groups excluding carboxylic acids is 1. The average Bonchev–Trinajstić information content (AvgIpc) is 2.20. The van der Waals surface area contributed by atoms with Crippen molar-refractivity contribution in [1.29, 1.82) is 0 Å².